The third-order valence-corrected chi connectivity index (χ3v) is 3.75. The fourth-order valence-corrected chi connectivity index (χ4v) is 2.69. The van der Waals surface area contributed by atoms with E-state index in [9.17, 15) is 9.59 Å². The molecule has 1 N–H and O–H groups in total. The summed E-state index contributed by atoms with van der Waals surface area (Å²) in [4.78, 5) is 23.5. The molecule has 0 aliphatic rings. The van der Waals surface area contributed by atoms with Gasteiger partial charge in [0.2, 0.25) is 0 Å². The Hall–Kier alpha value is -1.82. The Labute approximate surface area is 115 Å². The molecule has 2 aromatic rings. The number of nitrogens with zero attached hydrogens (tertiary/aromatic N) is 2. The fraction of sp³-hybridized carbons (Fsp3) is 0.308. The molecule has 6 heteroatoms. The number of carbonyl (C=O) groups is 1. The van der Waals surface area contributed by atoms with Crippen molar-refractivity contribution in [1.82, 2.24) is 14.8 Å². The number of benzene rings is 1. The highest BCUT2D eigenvalue weighted by atomic mass is 32.2. The van der Waals surface area contributed by atoms with Gasteiger partial charge in [-0.1, -0.05) is 18.6 Å². The highest BCUT2D eigenvalue weighted by molar-refractivity contribution is 7.99. The van der Waals surface area contributed by atoms with Gasteiger partial charge in [-0.25, -0.2) is 9.89 Å². The molecular weight excluding hydrogens is 262 g/mol. The molecule has 19 heavy (non-hydrogen) atoms. The number of aryl methyl sites for hydroxylation is 1. The Bertz CT molecular complexity index is 646. The minimum Gasteiger partial charge on any atom is -0.298 e. The molecule has 0 radical (unpaired) electrons. The first kappa shape index (κ1) is 13.6. The number of carbonyl (C=O) groups excluding carboxylic acids is 1. The van der Waals surface area contributed by atoms with Crippen molar-refractivity contribution in [3.63, 3.8) is 0 Å². The topological polar surface area (TPSA) is 67.8 Å². The van der Waals surface area contributed by atoms with Gasteiger partial charge in [0.1, 0.15) is 0 Å². The Balaban J connectivity index is 2.36. The zero-order chi connectivity index (χ0) is 13.8. The fourth-order valence-electron chi connectivity index (χ4n) is 1.75. The van der Waals surface area contributed by atoms with Crippen LogP contribution in [0.25, 0.3) is 0 Å². The molecule has 0 atom stereocenters. The number of nitrogens with one attached hydrogen (secondary N) is 1. The van der Waals surface area contributed by atoms with E-state index in [1.165, 1.54) is 11.8 Å². The summed E-state index contributed by atoms with van der Waals surface area (Å²) in [5.41, 5.74) is 1.42. The van der Waals surface area contributed by atoms with Gasteiger partial charge in [-0.15, -0.1) is 5.10 Å². The van der Waals surface area contributed by atoms with Crippen molar-refractivity contribution in [3.8, 4) is 0 Å². The van der Waals surface area contributed by atoms with Crippen molar-refractivity contribution in [2.75, 3.05) is 0 Å². The van der Waals surface area contributed by atoms with Crippen LogP contribution in [0, 0.1) is 6.92 Å². The largest absolute Gasteiger partial charge is 0.343 e. The van der Waals surface area contributed by atoms with Crippen LogP contribution < -0.4 is 5.69 Å². The number of hydrogen-bond acceptors (Lipinski definition) is 4. The van der Waals surface area contributed by atoms with E-state index in [0.29, 0.717) is 17.3 Å². The predicted molar refractivity (Wildman–Crippen MR) is 73.8 cm³/mol. The SMILES string of the molecule is CCCn1c(Sc2ccc(C)cc2C=O)n[nH]c1=O. The highest BCUT2D eigenvalue weighted by Gasteiger charge is 2.11. The van der Waals surface area contributed by atoms with Gasteiger partial charge in [-0.05, 0) is 37.2 Å². The summed E-state index contributed by atoms with van der Waals surface area (Å²) in [7, 11) is 0. The van der Waals surface area contributed by atoms with Gasteiger partial charge in [0.05, 0.1) is 0 Å². The number of H-pyrrole nitrogens is 1. The predicted octanol–water partition coefficient (Wildman–Crippen LogP) is 2.25. The van der Waals surface area contributed by atoms with Crippen molar-refractivity contribution in [2.45, 2.75) is 36.9 Å². The maximum Gasteiger partial charge on any atom is 0.343 e. The molecule has 0 spiro atoms. The summed E-state index contributed by atoms with van der Waals surface area (Å²) in [6, 6.07) is 5.63. The summed E-state index contributed by atoms with van der Waals surface area (Å²) in [5.74, 6) is 0. The van der Waals surface area contributed by atoms with E-state index in [2.05, 4.69) is 10.2 Å². The molecule has 0 unspecified atom stereocenters. The van der Waals surface area contributed by atoms with Crippen LogP contribution in [-0.2, 0) is 6.54 Å². The number of rotatable bonds is 5. The Morgan fingerprint density at radius 1 is 1.47 bits per heavy atom. The van der Waals surface area contributed by atoms with Crippen LogP contribution in [0.2, 0.25) is 0 Å². The lowest BCUT2D eigenvalue weighted by Gasteiger charge is -2.06. The zero-order valence-corrected chi connectivity index (χ0v) is 11.7. The van der Waals surface area contributed by atoms with Crippen LogP contribution in [0.1, 0.15) is 29.3 Å². The van der Waals surface area contributed by atoms with E-state index < -0.39 is 0 Å². The van der Waals surface area contributed by atoms with Crippen molar-refractivity contribution in [1.29, 1.82) is 0 Å². The van der Waals surface area contributed by atoms with Gasteiger partial charge >= 0.3 is 5.69 Å². The van der Waals surface area contributed by atoms with E-state index in [0.717, 1.165) is 23.2 Å². The molecule has 0 aliphatic heterocycles. The summed E-state index contributed by atoms with van der Waals surface area (Å²) >= 11 is 1.32. The van der Waals surface area contributed by atoms with Crippen molar-refractivity contribution >= 4 is 18.0 Å². The average Bonchev–Trinajstić information content (AvgIpc) is 2.74. The third-order valence-electron chi connectivity index (χ3n) is 2.66. The highest BCUT2D eigenvalue weighted by Crippen LogP contribution is 2.28. The van der Waals surface area contributed by atoms with Crippen LogP contribution in [0.5, 0.6) is 0 Å². The standard InChI is InChI=1S/C13H15N3O2S/c1-3-6-16-12(18)14-15-13(16)19-11-5-4-9(2)7-10(11)8-17/h4-5,7-8H,3,6H2,1-2H3,(H,14,18). The maximum absolute atomic E-state index is 11.6. The lowest BCUT2D eigenvalue weighted by atomic mass is 10.2. The molecule has 1 aromatic heterocycles. The quantitative estimate of drug-likeness (QED) is 0.851. The van der Waals surface area contributed by atoms with Crippen LogP contribution in [-0.4, -0.2) is 21.1 Å². The van der Waals surface area contributed by atoms with Crippen molar-refractivity contribution < 1.29 is 4.79 Å². The van der Waals surface area contributed by atoms with Crippen molar-refractivity contribution in [3.05, 3.63) is 39.8 Å². The van der Waals surface area contributed by atoms with Crippen LogP contribution in [0.4, 0.5) is 0 Å². The second-order valence-corrected chi connectivity index (χ2v) is 5.23. The number of hydrogen-bond donors (Lipinski definition) is 1. The smallest absolute Gasteiger partial charge is 0.298 e. The van der Waals surface area contributed by atoms with E-state index in [4.69, 9.17) is 0 Å². The van der Waals surface area contributed by atoms with Gasteiger partial charge in [0.15, 0.2) is 11.4 Å². The Morgan fingerprint density at radius 3 is 2.95 bits per heavy atom. The molecule has 0 aliphatic carbocycles. The van der Waals surface area contributed by atoms with Gasteiger partial charge in [0.25, 0.3) is 0 Å². The van der Waals surface area contributed by atoms with Crippen LogP contribution in [0.15, 0.2) is 33.0 Å². The molecule has 0 saturated carbocycles. The maximum atomic E-state index is 11.6. The summed E-state index contributed by atoms with van der Waals surface area (Å²) < 4.78 is 1.58. The molecule has 0 bridgehead atoms. The first-order valence-corrected chi connectivity index (χ1v) is 6.86. The lowest BCUT2D eigenvalue weighted by Crippen LogP contribution is -2.17. The van der Waals surface area contributed by atoms with Gasteiger partial charge in [0, 0.05) is 17.0 Å². The molecule has 0 saturated heterocycles. The molecule has 1 aromatic carbocycles. The van der Waals surface area contributed by atoms with Crippen LogP contribution >= 0.6 is 11.8 Å². The second kappa shape index (κ2) is 5.88. The summed E-state index contributed by atoms with van der Waals surface area (Å²) in [6.07, 6.45) is 1.67. The first-order chi connectivity index (χ1) is 9.15. The molecule has 5 nitrogen and oxygen atoms in total. The van der Waals surface area contributed by atoms with Crippen LogP contribution in [0.3, 0.4) is 0 Å². The first-order valence-electron chi connectivity index (χ1n) is 6.04. The van der Waals surface area contributed by atoms with Gasteiger partial charge < -0.3 is 0 Å². The molecule has 100 valence electrons. The number of aromatic nitrogens is 3. The van der Waals surface area contributed by atoms with E-state index in [1.807, 2.05) is 32.0 Å². The van der Waals surface area contributed by atoms with E-state index in [-0.39, 0.29) is 5.69 Å². The normalized spacial score (nSPS) is 10.6. The monoisotopic (exact) mass is 277 g/mol. The lowest BCUT2D eigenvalue weighted by molar-refractivity contribution is 0.112. The Kier molecular flexibility index (Phi) is 4.21. The zero-order valence-electron chi connectivity index (χ0n) is 10.8. The minimum atomic E-state index is -0.218. The summed E-state index contributed by atoms with van der Waals surface area (Å²) in [5, 5.41) is 7.02. The number of aldehydes is 1. The molecule has 0 fully saturated rings. The van der Waals surface area contributed by atoms with Gasteiger partial charge in [-0.2, -0.15) is 0 Å². The minimum absolute atomic E-state index is 0.218. The molecular formula is C13H15N3O2S. The van der Waals surface area contributed by atoms with Gasteiger partial charge in [-0.3, -0.25) is 9.36 Å². The second-order valence-electron chi connectivity index (χ2n) is 4.22. The average molecular weight is 277 g/mol. The summed E-state index contributed by atoms with van der Waals surface area (Å²) in [6.45, 7) is 4.54. The third kappa shape index (κ3) is 2.96. The number of aromatic amines is 1. The van der Waals surface area contributed by atoms with E-state index >= 15 is 0 Å². The molecule has 1 heterocycles. The van der Waals surface area contributed by atoms with Crippen molar-refractivity contribution in [2.24, 2.45) is 0 Å². The van der Waals surface area contributed by atoms with E-state index in [1.54, 1.807) is 4.57 Å². The Morgan fingerprint density at radius 2 is 2.26 bits per heavy atom. The molecule has 2 rings (SSSR count). The molecule has 0 amide bonds.